The zero-order valence-electron chi connectivity index (χ0n) is 13.3. The highest BCUT2D eigenvalue weighted by molar-refractivity contribution is 6.33. The lowest BCUT2D eigenvalue weighted by Crippen LogP contribution is -2.16. The monoisotopic (exact) mass is 343 g/mol. The summed E-state index contributed by atoms with van der Waals surface area (Å²) in [5.41, 5.74) is 1.99. The minimum atomic E-state index is 0.438. The Morgan fingerprint density at radius 1 is 1.08 bits per heavy atom. The molecule has 0 unspecified atom stereocenters. The molecular weight excluding hydrogens is 326 g/mol. The van der Waals surface area contributed by atoms with Gasteiger partial charge in [0, 0.05) is 0 Å². The molecule has 0 aliphatic carbocycles. The number of hydrogen-bond acceptors (Lipinski definition) is 5. The van der Waals surface area contributed by atoms with Crippen molar-refractivity contribution in [3.8, 4) is 17.2 Å². The molecule has 0 bridgehead atoms. The maximum Gasteiger partial charge on any atom is 0.249 e. The van der Waals surface area contributed by atoms with E-state index in [0.717, 1.165) is 24.3 Å². The molecule has 0 radical (unpaired) electrons. The lowest BCUT2D eigenvalue weighted by molar-refractivity contribution is 0.414. The fourth-order valence-corrected chi connectivity index (χ4v) is 2.51. The molecule has 3 rings (SSSR count). The molecule has 0 fully saturated rings. The van der Waals surface area contributed by atoms with Gasteiger partial charge in [-0.3, -0.25) is 0 Å². The fourth-order valence-electron chi connectivity index (χ4n) is 2.29. The molecule has 0 saturated carbocycles. The maximum atomic E-state index is 6.13. The molecule has 0 amide bonds. The summed E-state index contributed by atoms with van der Waals surface area (Å²) in [6.07, 6.45) is 0.912. The van der Waals surface area contributed by atoms with Crippen LogP contribution in [0.4, 0.5) is 0 Å². The summed E-state index contributed by atoms with van der Waals surface area (Å²) in [4.78, 5) is 0. The standard InChI is InChI=1S/C18H18ClN3O2/c1-23-14-8-6-13(7-9-14)10-11-20-12-17-21-22-18(24-17)15-4-2-3-5-16(15)19/h2-9,20H,10-12H2,1H3. The van der Waals surface area contributed by atoms with Gasteiger partial charge in [-0.1, -0.05) is 35.9 Å². The molecule has 3 aromatic rings. The summed E-state index contributed by atoms with van der Waals surface area (Å²) in [6, 6.07) is 15.4. The van der Waals surface area contributed by atoms with Crippen LogP contribution < -0.4 is 10.1 Å². The molecule has 5 nitrogen and oxygen atoms in total. The number of ether oxygens (including phenoxy) is 1. The van der Waals surface area contributed by atoms with Crippen LogP contribution in [0.2, 0.25) is 5.02 Å². The molecule has 0 saturated heterocycles. The summed E-state index contributed by atoms with van der Waals surface area (Å²) in [5.74, 6) is 1.84. The fraction of sp³-hybridized carbons (Fsp3) is 0.222. The van der Waals surface area contributed by atoms with Crippen LogP contribution in [0.15, 0.2) is 52.9 Å². The van der Waals surface area contributed by atoms with Crippen molar-refractivity contribution >= 4 is 11.6 Å². The van der Waals surface area contributed by atoms with E-state index in [1.165, 1.54) is 5.56 Å². The van der Waals surface area contributed by atoms with E-state index in [1.54, 1.807) is 13.2 Å². The Balaban J connectivity index is 1.50. The quantitative estimate of drug-likeness (QED) is 0.662. The Labute approximate surface area is 145 Å². The molecule has 1 aromatic heterocycles. The Morgan fingerprint density at radius 2 is 1.88 bits per heavy atom. The van der Waals surface area contributed by atoms with Gasteiger partial charge >= 0.3 is 0 Å². The van der Waals surface area contributed by atoms with Crippen LogP contribution in [-0.2, 0) is 13.0 Å². The molecule has 0 aliphatic rings. The average molecular weight is 344 g/mol. The second-order valence-electron chi connectivity index (χ2n) is 5.26. The topological polar surface area (TPSA) is 60.2 Å². The largest absolute Gasteiger partial charge is 0.497 e. The molecular formula is C18H18ClN3O2. The van der Waals surface area contributed by atoms with Crippen molar-refractivity contribution in [2.24, 2.45) is 0 Å². The van der Waals surface area contributed by atoms with Crippen molar-refractivity contribution in [2.45, 2.75) is 13.0 Å². The van der Waals surface area contributed by atoms with Gasteiger partial charge in [-0.15, -0.1) is 10.2 Å². The first-order chi connectivity index (χ1) is 11.8. The summed E-state index contributed by atoms with van der Waals surface area (Å²) in [5, 5.41) is 12.0. The molecule has 124 valence electrons. The molecule has 6 heteroatoms. The molecule has 0 spiro atoms. The van der Waals surface area contributed by atoms with Gasteiger partial charge in [0.25, 0.3) is 0 Å². The average Bonchev–Trinajstić information content (AvgIpc) is 3.08. The number of methoxy groups -OCH3 is 1. The van der Waals surface area contributed by atoms with Crippen LogP contribution in [0.1, 0.15) is 11.5 Å². The van der Waals surface area contributed by atoms with Crippen molar-refractivity contribution in [3.05, 3.63) is 65.0 Å². The summed E-state index contributed by atoms with van der Waals surface area (Å²) >= 11 is 6.13. The van der Waals surface area contributed by atoms with E-state index < -0.39 is 0 Å². The first-order valence-electron chi connectivity index (χ1n) is 7.67. The van der Waals surface area contributed by atoms with Crippen LogP contribution in [-0.4, -0.2) is 23.9 Å². The highest BCUT2D eigenvalue weighted by atomic mass is 35.5. The third-order valence-corrected chi connectivity index (χ3v) is 3.93. The second-order valence-corrected chi connectivity index (χ2v) is 5.66. The lowest BCUT2D eigenvalue weighted by atomic mass is 10.1. The van der Waals surface area contributed by atoms with Gasteiger partial charge in [-0.2, -0.15) is 0 Å². The highest BCUT2D eigenvalue weighted by Gasteiger charge is 2.10. The van der Waals surface area contributed by atoms with E-state index in [4.69, 9.17) is 20.8 Å². The van der Waals surface area contributed by atoms with Crippen LogP contribution in [0.3, 0.4) is 0 Å². The Bertz CT molecular complexity index is 787. The summed E-state index contributed by atoms with van der Waals surface area (Å²) < 4.78 is 10.8. The smallest absolute Gasteiger partial charge is 0.249 e. The van der Waals surface area contributed by atoms with Crippen molar-refractivity contribution in [1.29, 1.82) is 0 Å². The number of rotatable bonds is 7. The summed E-state index contributed by atoms with van der Waals surface area (Å²) in [7, 11) is 1.66. The zero-order chi connectivity index (χ0) is 16.8. The first-order valence-corrected chi connectivity index (χ1v) is 8.05. The van der Waals surface area contributed by atoms with E-state index in [2.05, 4.69) is 27.6 Å². The molecule has 2 aromatic carbocycles. The Kier molecular flexibility index (Phi) is 5.46. The first kappa shape index (κ1) is 16.5. The van der Waals surface area contributed by atoms with Gasteiger partial charge in [0.05, 0.1) is 24.2 Å². The van der Waals surface area contributed by atoms with Gasteiger partial charge in [-0.05, 0) is 42.8 Å². The van der Waals surface area contributed by atoms with Gasteiger partial charge in [-0.25, -0.2) is 0 Å². The van der Waals surface area contributed by atoms with Gasteiger partial charge in [0.15, 0.2) is 0 Å². The van der Waals surface area contributed by atoms with Crippen LogP contribution >= 0.6 is 11.6 Å². The Morgan fingerprint density at radius 3 is 2.62 bits per heavy atom. The molecule has 1 N–H and O–H groups in total. The number of aromatic nitrogens is 2. The van der Waals surface area contributed by atoms with Gasteiger partial charge in [0.2, 0.25) is 11.8 Å². The number of nitrogens with one attached hydrogen (secondary N) is 1. The van der Waals surface area contributed by atoms with Crippen LogP contribution in [0.25, 0.3) is 11.5 Å². The zero-order valence-corrected chi connectivity index (χ0v) is 14.1. The maximum absolute atomic E-state index is 6.13. The van der Waals surface area contributed by atoms with Crippen molar-refractivity contribution in [1.82, 2.24) is 15.5 Å². The second kappa shape index (κ2) is 7.95. The van der Waals surface area contributed by atoms with E-state index in [1.807, 2.05) is 30.3 Å². The number of halogens is 1. The third kappa shape index (κ3) is 4.13. The van der Waals surface area contributed by atoms with E-state index in [-0.39, 0.29) is 0 Å². The highest BCUT2D eigenvalue weighted by Crippen LogP contribution is 2.26. The van der Waals surface area contributed by atoms with E-state index in [0.29, 0.717) is 23.3 Å². The number of hydrogen-bond donors (Lipinski definition) is 1. The Hall–Kier alpha value is -2.37. The SMILES string of the molecule is COc1ccc(CCNCc2nnc(-c3ccccc3Cl)o2)cc1. The molecule has 1 heterocycles. The number of benzene rings is 2. The number of nitrogens with zero attached hydrogens (tertiary/aromatic N) is 2. The van der Waals surface area contributed by atoms with E-state index in [9.17, 15) is 0 Å². The molecule has 24 heavy (non-hydrogen) atoms. The van der Waals surface area contributed by atoms with Crippen molar-refractivity contribution in [3.63, 3.8) is 0 Å². The summed E-state index contributed by atoms with van der Waals surface area (Å²) in [6.45, 7) is 1.34. The minimum Gasteiger partial charge on any atom is -0.497 e. The minimum absolute atomic E-state index is 0.438. The van der Waals surface area contributed by atoms with Crippen LogP contribution in [0.5, 0.6) is 5.75 Å². The van der Waals surface area contributed by atoms with Gasteiger partial charge in [0.1, 0.15) is 5.75 Å². The lowest BCUT2D eigenvalue weighted by Gasteiger charge is -2.04. The third-order valence-electron chi connectivity index (χ3n) is 3.60. The molecule has 0 atom stereocenters. The van der Waals surface area contributed by atoms with Crippen molar-refractivity contribution in [2.75, 3.05) is 13.7 Å². The van der Waals surface area contributed by atoms with Crippen LogP contribution in [0, 0.1) is 0 Å². The van der Waals surface area contributed by atoms with E-state index >= 15 is 0 Å². The predicted molar refractivity (Wildman–Crippen MR) is 93.1 cm³/mol. The molecule has 0 aliphatic heterocycles. The van der Waals surface area contributed by atoms with Crippen molar-refractivity contribution < 1.29 is 9.15 Å². The predicted octanol–water partition coefficient (Wildman–Crippen LogP) is 3.73. The normalized spacial score (nSPS) is 10.8. The van der Waals surface area contributed by atoms with Gasteiger partial charge < -0.3 is 14.5 Å².